The first-order valence-electron chi connectivity index (χ1n) is 10.4. The molecular formula is C23H26N2O5S. The maximum atomic E-state index is 13.1. The number of amides is 2. The number of nitrogens with one attached hydrogen (secondary N) is 1. The van der Waals surface area contributed by atoms with Gasteiger partial charge in [-0.3, -0.25) is 9.59 Å². The van der Waals surface area contributed by atoms with Crippen molar-refractivity contribution in [3.05, 3.63) is 48.0 Å². The van der Waals surface area contributed by atoms with Crippen molar-refractivity contribution < 1.29 is 22.7 Å². The van der Waals surface area contributed by atoms with Crippen LogP contribution in [-0.4, -0.2) is 39.1 Å². The summed E-state index contributed by atoms with van der Waals surface area (Å²) in [5.74, 6) is 0.479. The number of benzene rings is 2. The molecule has 0 saturated heterocycles. The topological polar surface area (TPSA) is 92.8 Å². The smallest absolute Gasteiger partial charge is 0.230 e. The Morgan fingerprint density at radius 3 is 2.68 bits per heavy atom. The molecule has 1 fully saturated rings. The van der Waals surface area contributed by atoms with Gasteiger partial charge in [-0.1, -0.05) is 6.07 Å². The lowest BCUT2D eigenvalue weighted by molar-refractivity contribution is -0.119. The van der Waals surface area contributed by atoms with Gasteiger partial charge in [0.15, 0.2) is 9.84 Å². The number of hydrogen-bond donors (Lipinski definition) is 1. The van der Waals surface area contributed by atoms with Gasteiger partial charge in [-0.15, -0.1) is 0 Å². The largest absolute Gasteiger partial charge is 0.497 e. The van der Waals surface area contributed by atoms with Crippen LogP contribution in [-0.2, 0) is 25.8 Å². The minimum atomic E-state index is -3.69. The predicted molar refractivity (Wildman–Crippen MR) is 118 cm³/mol. The molecule has 1 atom stereocenters. The SMILES string of the molecule is COc1cccc(NC(=O)C[C@@H](C)S(=O)(=O)c2ccc3c(c2)CCN3C(=O)C2CC2)c1. The molecule has 2 aliphatic rings. The Balaban J connectivity index is 1.45. The van der Waals surface area contributed by atoms with Crippen LogP contribution in [0.2, 0.25) is 0 Å². The molecular weight excluding hydrogens is 416 g/mol. The second-order valence-corrected chi connectivity index (χ2v) is 10.5. The summed E-state index contributed by atoms with van der Waals surface area (Å²) in [6.45, 7) is 2.13. The molecule has 1 aliphatic heterocycles. The van der Waals surface area contributed by atoms with E-state index in [1.807, 2.05) is 0 Å². The molecule has 7 nitrogen and oxygen atoms in total. The molecule has 2 aromatic rings. The summed E-state index contributed by atoms with van der Waals surface area (Å²) in [7, 11) is -2.16. The average Bonchev–Trinajstić information content (AvgIpc) is 3.52. The second-order valence-electron chi connectivity index (χ2n) is 8.14. The number of carbonyl (C=O) groups is 2. The first-order valence-corrected chi connectivity index (χ1v) is 12.0. The Hall–Kier alpha value is -2.87. The van der Waals surface area contributed by atoms with Crippen LogP contribution in [0.3, 0.4) is 0 Å². The number of rotatable bonds is 7. The number of nitrogens with zero attached hydrogens (tertiary/aromatic N) is 1. The molecule has 8 heteroatoms. The van der Waals surface area contributed by atoms with Crippen molar-refractivity contribution in [1.82, 2.24) is 0 Å². The summed E-state index contributed by atoms with van der Waals surface area (Å²) in [6, 6.07) is 11.8. The molecule has 1 aliphatic carbocycles. The molecule has 0 aromatic heterocycles. The fourth-order valence-electron chi connectivity index (χ4n) is 3.85. The van der Waals surface area contributed by atoms with Crippen LogP contribution in [0, 0.1) is 5.92 Å². The highest BCUT2D eigenvalue weighted by Gasteiger charge is 2.37. The lowest BCUT2D eigenvalue weighted by atomic mass is 10.2. The fourth-order valence-corrected chi connectivity index (χ4v) is 5.25. The van der Waals surface area contributed by atoms with Gasteiger partial charge in [0, 0.05) is 36.3 Å². The number of carbonyl (C=O) groups excluding carboxylic acids is 2. The summed E-state index contributed by atoms with van der Waals surface area (Å²) < 4.78 is 31.3. The maximum absolute atomic E-state index is 13.1. The third-order valence-electron chi connectivity index (χ3n) is 5.82. The van der Waals surface area contributed by atoms with Crippen LogP contribution in [0.4, 0.5) is 11.4 Å². The Morgan fingerprint density at radius 1 is 1.19 bits per heavy atom. The normalized spacial score (nSPS) is 16.5. The molecule has 2 amide bonds. The maximum Gasteiger partial charge on any atom is 0.230 e. The van der Waals surface area contributed by atoms with Crippen molar-refractivity contribution in [2.24, 2.45) is 5.92 Å². The number of sulfone groups is 1. The zero-order chi connectivity index (χ0) is 22.2. The van der Waals surface area contributed by atoms with Crippen LogP contribution in [0.15, 0.2) is 47.4 Å². The van der Waals surface area contributed by atoms with Gasteiger partial charge in [-0.2, -0.15) is 0 Å². The molecule has 1 N–H and O–H groups in total. The van der Waals surface area contributed by atoms with Gasteiger partial charge < -0.3 is 15.0 Å². The van der Waals surface area contributed by atoms with E-state index in [4.69, 9.17) is 4.74 Å². The Bertz CT molecular complexity index is 1120. The summed E-state index contributed by atoms with van der Waals surface area (Å²) >= 11 is 0. The third kappa shape index (κ3) is 4.44. The zero-order valence-electron chi connectivity index (χ0n) is 17.6. The molecule has 1 heterocycles. The van der Waals surface area contributed by atoms with Crippen molar-refractivity contribution in [2.75, 3.05) is 23.9 Å². The molecule has 164 valence electrons. The molecule has 0 spiro atoms. The summed E-state index contributed by atoms with van der Waals surface area (Å²) in [6.07, 6.45) is 2.35. The van der Waals surface area contributed by atoms with Crippen LogP contribution in [0.1, 0.15) is 31.7 Å². The molecule has 2 aromatic carbocycles. The van der Waals surface area contributed by atoms with Gasteiger partial charge in [0.1, 0.15) is 5.75 Å². The van der Waals surface area contributed by atoms with Gasteiger partial charge in [0.05, 0.1) is 17.3 Å². The van der Waals surface area contributed by atoms with E-state index in [1.165, 1.54) is 14.0 Å². The predicted octanol–water partition coefficient (Wildman–Crippen LogP) is 3.19. The number of anilines is 2. The molecule has 31 heavy (non-hydrogen) atoms. The van der Waals surface area contributed by atoms with Crippen molar-refractivity contribution in [1.29, 1.82) is 0 Å². The van der Waals surface area contributed by atoms with Crippen LogP contribution >= 0.6 is 0 Å². The Labute approximate surface area is 182 Å². The molecule has 0 bridgehead atoms. The quantitative estimate of drug-likeness (QED) is 0.711. The van der Waals surface area contributed by atoms with E-state index in [-0.39, 0.29) is 29.0 Å². The van der Waals surface area contributed by atoms with E-state index >= 15 is 0 Å². The minimum Gasteiger partial charge on any atom is -0.497 e. The van der Waals surface area contributed by atoms with Gasteiger partial charge in [0.25, 0.3) is 0 Å². The first kappa shape index (κ1) is 21.4. The summed E-state index contributed by atoms with van der Waals surface area (Å²) in [4.78, 5) is 26.8. The highest BCUT2D eigenvalue weighted by molar-refractivity contribution is 7.92. The summed E-state index contributed by atoms with van der Waals surface area (Å²) in [5.41, 5.74) is 2.22. The van der Waals surface area contributed by atoms with Crippen LogP contribution in [0.5, 0.6) is 5.75 Å². The lowest BCUT2D eigenvalue weighted by Gasteiger charge is -2.18. The van der Waals surface area contributed by atoms with Gasteiger partial charge in [-0.25, -0.2) is 8.42 Å². The summed E-state index contributed by atoms with van der Waals surface area (Å²) in [5, 5.41) is 1.83. The van der Waals surface area contributed by atoms with Crippen molar-refractivity contribution in [3.8, 4) is 5.75 Å². The standard InChI is InChI=1S/C23H26N2O5S/c1-15(12-22(26)24-18-4-3-5-19(14-18)30-2)31(28,29)20-8-9-21-17(13-20)10-11-25(21)23(27)16-6-7-16/h3-5,8-9,13-16H,6-7,10-12H2,1-2H3,(H,24,26)/t15-/m1/s1. The fraction of sp³-hybridized carbons (Fsp3) is 0.391. The van der Waals surface area contributed by atoms with E-state index in [1.54, 1.807) is 47.4 Å². The number of ether oxygens (including phenoxy) is 1. The number of methoxy groups -OCH3 is 1. The van der Waals surface area contributed by atoms with Crippen molar-refractivity contribution >= 4 is 33.0 Å². The van der Waals surface area contributed by atoms with E-state index in [0.29, 0.717) is 24.4 Å². The van der Waals surface area contributed by atoms with Crippen LogP contribution in [0.25, 0.3) is 0 Å². The van der Waals surface area contributed by atoms with Gasteiger partial charge in [0.2, 0.25) is 11.8 Å². The molecule has 0 unspecified atom stereocenters. The average molecular weight is 443 g/mol. The van der Waals surface area contributed by atoms with Crippen LogP contribution < -0.4 is 15.0 Å². The number of hydrogen-bond acceptors (Lipinski definition) is 5. The number of fused-ring (bicyclic) bond motifs is 1. The monoisotopic (exact) mass is 442 g/mol. The lowest BCUT2D eigenvalue weighted by Crippen LogP contribution is -2.30. The molecule has 1 saturated carbocycles. The highest BCUT2D eigenvalue weighted by Crippen LogP contribution is 2.37. The zero-order valence-corrected chi connectivity index (χ0v) is 18.4. The van der Waals surface area contributed by atoms with Gasteiger partial charge in [-0.05, 0) is 62.1 Å². The van der Waals surface area contributed by atoms with E-state index in [9.17, 15) is 18.0 Å². The highest BCUT2D eigenvalue weighted by atomic mass is 32.2. The Kier molecular flexibility index (Phi) is 5.75. The molecule has 4 rings (SSSR count). The van der Waals surface area contributed by atoms with E-state index in [2.05, 4.69) is 5.32 Å². The van der Waals surface area contributed by atoms with Crippen molar-refractivity contribution in [2.45, 2.75) is 42.8 Å². The molecule has 0 radical (unpaired) electrons. The third-order valence-corrected chi connectivity index (χ3v) is 7.96. The van der Waals surface area contributed by atoms with Gasteiger partial charge >= 0.3 is 0 Å². The minimum absolute atomic E-state index is 0.123. The van der Waals surface area contributed by atoms with Crippen molar-refractivity contribution in [3.63, 3.8) is 0 Å². The Morgan fingerprint density at radius 2 is 1.97 bits per heavy atom. The first-order chi connectivity index (χ1) is 14.8. The van der Waals surface area contributed by atoms with E-state index in [0.717, 1.165) is 24.1 Å². The second kappa shape index (κ2) is 8.34. The van der Waals surface area contributed by atoms with E-state index < -0.39 is 15.1 Å².